The van der Waals surface area contributed by atoms with Crippen molar-refractivity contribution in [2.45, 2.75) is 44.7 Å². The number of ether oxygens (including phenoxy) is 2. The minimum absolute atomic E-state index is 0.0734. The molecule has 4 atom stereocenters. The highest BCUT2D eigenvalue weighted by molar-refractivity contribution is 5.73. The van der Waals surface area contributed by atoms with Crippen molar-refractivity contribution in [1.82, 2.24) is 14.5 Å². The summed E-state index contributed by atoms with van der Waals surface area (Å²) in [4.78, 5) is 39.1. The largest absolute Gasteiger partial charge is 0.388 e. The van der Waals surface area contributed by atoms with Gasteiger partial charge in [-0.05, 0) is 13.8 Å². The third kappa shape index (κ3) is 3.02. The zero-order chi connectivity index (χ0) is 18.2. The lowest BCUT2D eigenvalue weighted by molar-refractivity contribution is -0.134. The van der Waals surface area contributed by atoms with E-state index >= 15 is 0 Å². The van der Waals surface area contributed by atoms with Gasteiger partial charge in [-0.3, -0.25) is 19.1 Å². The number of nitrogens with one attached hydrogen (secondary N) is 1. The van der Waals surface area contributed by atoms with Crippen LogP contribution >= 0.6 is 0 Å². The van der Waals surface area contributed by atoms with Crippen LogP contribution < -0.4 is 11.2 Å². The first-order valence-corrected chi connectivity index (χ1v) is 7.52. The number of hydrogen-bond donors (Lipinski definition) is 2. The molecule has 24 heavy (non-hydrogen) atoms. The van der Waals surface area contributed by atoms with Crippen LogP contribution in [0.15, 0.2) is 15.8 Å². The molecule has 134 valence electrons. The second kappa shape index (κ2) is 6.50. The topological polar surface area (TPSA) is 114 Å². The van der Waals surface area contributed by atoms with Crippen LogP contribution in [-0.2, 0) is 14.3 Å². The number of hydrogen-bond acceptors (Lipinski definition) is 6. The van der Waals surface area contributed by atoms with E-state index in [0.29, 0.717) is 5.56 Å². The van der Waals surface area contributed by atoms with Gasteiger partial charge in [0.1, 0.15) is 17.7 Å². The van der Waals surface area contributed by atoms with Crippen molar-refractivity contribution in [2.24, 2.45) is 0 Å². The average molecular weight is 341 g/mol. The molecule has 1 amide bonds. The summed E-state index contributed by atoms with van der Waals surface area (Å²) in [6, 6.07) is -0.814. The Kier molecular flexibility index (Phi) is 4.97. The van der Waals surface area contributed by atoms with Crippen molar-refractivity contribution in [3.63, 3.8) is 0 Å². The van der Waals surface area contributed by atoms with Gasteiger partial charge < -0.3 is 19.5 Å². The third-order valence-electron chi connectivity index (χ3n) is 4.43. The lowest BCUT2D eigenvalue weighted by Gasteiger charge is -2.31. The molecule has 0 aromatic carbocycles. The number of carbonyl (C=O) groups is 1. The Hall–Kier alpha value is -1.97. The highest BCUT2D eigenvalue weighted by Gasteiger charge is 2.54. The Morgan fingerprint density at radius 1 is 1.54 bits per heavy atom. The number of H-pyrrole nitrogens is 1. The van der Waals surface area contributed by atoms with Crippen LogP contribution in [0.1, 0.15) is 25.6 Å². The maximum Gasteiger partial charge on any atom is 0.330 e. The average Bonchev–Trinajstić information content (AvgIpc) is 2.74. The molecule has 3 unspecified atom stereocenters. The molecular formula is C15H23N3O6. The molecule has 0 bridgehead atoms. The van der Waals surface area contributed by atoms with Crippen LogP contribution in [0.4, 0.5) is 0 Å². The second-order valence-electron chi connectivity index (χ2n) is 6.30. The van der Waals surface area contributed by atoms with E-state index in [1.54, 1.807) is 13.8 Å². The molecule has 0 aliphatic carbocycles. The number of aliphatic hydroxyl groups is 1. The van der Waals surface area contributed by atoms with Gasteiger partial charge in [0.2, 0.25) is 5.91 Å². The molecule has 1 aromatic rings. The lowest BCUT2D eigenvalue weighted by Crippen LogP contribution is -2.51. The van der Waals surface area contributed by atoms with Crippen molar-refractivity contribution >= 4 is 5.91 Å². The summed E-state index contributed by atoms with van der Waals surface area (Å²) < 4.78 is 12.2. The minimum Gasteiger partial charge on any atom is -0.388 e. The van der Waals surface area contributed by atoms with Crippen molar-refractivity contribution in [3.8, 4) is 0 Å². The van der Waals surface area contributed by atoms with Crippen LogP contribution in [0.2, 0.25) is 0 Å². The minimum atomic E-state index is -1.11. The molecule has 2 heterocycles. The first-order chi connectivity index (χ1) is 11.1. The van der Waals surface area contributed by atoms with E-state index in [9.17, 15) is 19.5 Å². The van der Waals surface area contributed by atoms with Crippen molar-refractivity contribution in [1.29, 1.82) is 0 Å². The summed E-state index contributed by atoms with van der Waals surface area (Å²) in [5.74, 6) is -0.288. The number of nitrogens with zero attached hydrogens (tertiary/aromatic N) is 2. The SMILES string of the molecule is COC[C@@]1(C)OC(n2cc(C)c(=O)[nH]c2=O)C(N(C)C(C)=O)C1O. The standard InChI is InChI=1S/C15H23N3O6/c1-8-6-18(14(22)16-12(8)21)13-10(17(4)9(2)19)11(20)15(3,24-13)7-23-5/h6,10-11,13,20H,7H2,1-5H3,(H,16,21,22)/t10?,11?,13?,15-/m1/s1. The summed E-state index contributed by atoms with van der Waals surface area (Å²) in [6.45, 7) is 4.63. The van der Waals surface area contributed by atoms with Crippen molar-refractivity contribution in [2.75, 3.05) is 20.8 Å². The first-order valence-electron chi connectivity index (χ1n) is 7.52. The van der Waals surface area contributed by atoms with E-state index in [-0.39, 0.29) is 12.5 Å². The molecule has 9 heteroatoms. The van der Waals surface area contributed by atoms with E-state index in [4.69, 9.17) is 9.47 Å². The van der Waals surface area contributed by atoms with E-state index in [1.807, 2.05) is 0 Å². The molecule has 1 aliphatic heterocycles. The highest BCUT2D eigenvalue weighted by Crippen LogP contribution is 2.39. The maximum absolute atomic E-state index is 12.2. The zero-order valence-corrected chi connectivity index (χ0v) is 14.4. The number of amides is 1. The normalized spacial score (nSPS) is 29.7. The van der Waals surface area contributed by atoms with Crippen molar-refractivity contribution < 1.29 is 19.4 Å². The van der Waals surface area contributed by atoms with Crippen LogP contribution in [-0.4, -0.2) is 64.0 Å². The number of aliphatic hydroxyl groups excluding tert-OH is 1. The van der Waals surface area contributed by atoms with Gasteiger partial charge >= 0.3 is 5.69 Å². The van der Waals surface area contributed by atoms with Crippen LogP contribution in [0.25, 0.3) is 0 Å². The lowest BCUT2D eigenvalue weighted by atomic mass is 9.96. The van der Waals surface area contributed by atoms with Gasteiger partial charge in [-0.1, -0.05) is 0 Å². The maximum atomic E-state index is 12.2. The number of aryl methyl sites for hydroxylation is 1. The number of rotatable bonds is 4. The van der Waals surface area contributed by atoms with Gasteiger partial charge in [-0.25, -0.2) is 4.79 Å². The molecular weight excluding hydrogens is 318 g/mol. The Morgan fingerprint density at radius 2 is 2.17 bits per heavy atom. The Balaban J connectivity index is 2.57. The van der Waals surface area contributed by atoms with Crippen LogP contribution in [0.5, 0.6) is 0 Å². The molecule has 2 N–H and O–H groups in total. The van der Waals surface area contributed by atoms with E-state index in [0.717, 1.165) is 0 Å². The monoisotopic (exact) mass is 341 g/mol. The Morgan fingerprint density at radius 3 is 2.71 bits per heavy atom. The highest BCUT2D eigenvalue weighted by atomic mass is 16.6. The fourth-order valence-corrected chi connectivity index (χ4v) is 2.95. The van der Waals surface area contributed by atoms with Crippen molar-refractivity contribution in [3.05, 3.63) is 32.6 Å². The van der Waals surface area contributed by atoms with E-state index in [2.05, 4.69) is 4.98 Å². The van der Waals surface area contributed by atoms with Gasteiger partial charge in [-0.15, -0.1) is 0 Å². The summed E-state index contributed by atoms with van der Waals surface area (Å²) in [7, 11) is 2.99. The Labute approximate surface area is 138 Å². The molecule has 0 spiro atoms. The number of aromatic amines is 1. The number of carbonyl (C=O) groups excluding carboxylic acids is 1. The predicted octanol–water partition coefficient (Wildman–Crippen LogP) is -1.01. The van der Waals surface area contributed by atoms with E-state index < -0.39 is 35.2 Å². The first kappa shape index (κ1) is 18.4. The third-order valence-corrected chi connectivity index (χ3v) is 4.43. The molecule has 0 radical (unpaired) electrons. The Bertz CT molecular complexity index is 741. The summed E-state index contributed by atoms with van der Waals surface area (Å²) >= 11 is 0. The number of methoxy groups -OCH3 is 1. The summed E-state index contributed by atoms with van der Waals surface area (Å²) in [6.07, 6.45) is -0.689. The van der Waals surface area contributed by atoms with Crippen LogP contribution in [0, 0.1) is 6.92 Å². The zero-order valence-electron chi connectivity index (χ0n) is 14.4. The van der Waals surface area contributed by atoms with Crippen LogP contribution in [0.3, 0.4) is 0 Å². The fraction of sp³-hybridized carbons (Fsp3) is 0.667. The smallest absolute Gasteiger partial charge is 0.330 e. The molecule has 0 saturated carbocycles. The van der Waals surface area contributed by atoms with Gasteiger partial charge in [0, 0.05) is 32.8 Å². The second-order valence-corrected chi connectivity index (χ2v) is 6.30. The van der Waals surface area contributed by atoms with Gasteiger partial charge in [0.25, 0.3) is 5.56 Å². The molecule has 1 saturated heterocycles. The quantitative estimate of drug-likeness (QED) is 0.725. The number of likely N-dealkylation sites (N-methyl/N-ethyl adjacent to an activating group) is 1. The molecule has 2 rings (SSSR count). The van der Waals surface area contributed by atoms with Gasteiger partial charge in [0.15, 0.2) is 6.23 Å². The van der Waals surface area contributed by atoms with E-state index in [1.165, 1.54) is 36.7 Å². The molecule has 9 nitrogen and oxygen atoms in total. The molecule has 1 aromatic heterocycles. The molecule has 1 fully saturated rings. The number of aromatic nitrogens is 2. The summed E-state index contributed by atoms with van der Waals surface area (Å²) in [5.41, 5.74) is -1.97. The molecule has 1 aliphatic rings. The summed E-state index contributed by atoms with van der Waals surface area (Å²) in [5, 5.41) is 10.7. The fourth-order valence-electron chi connectivity index (χ4n) is 2.95. The van der Waals surface area contributed by atoms with Gasteiger partial charge in [0.05, 0.1) is 6.61 Å². The van der Waals surface area contributed by atoms with Gasteiger partial charge in [-0.2, -0.15) is 0 Å². The predicted molar refractivity (Wildman–Crippen MR) is 84.7 cm³/mol.